The first kappa shape index (κ1) is 13.3. The van der Waals surface area contributed by atoms with Gasteiger partial charge in [0.05, 0.1) is 18.1 Å². The highest BCUT2D eigenvalue weighted by atomic mass is 19.1. The van der Waals surface area contributed by atoms with Crippen LogP contribution in [0.2, 0.25) is 0 Å². The fraction of sp³-hybridized carbons (Fsp3) is 0.0625. The first-order valence-corrected chi connectivity index (χ1v) is 6.25. The summed E-state index contributed by atoms with van der Waals surface area (Å²) in [6.45, 7) is 0. The average Bonchev–Trinajstić information content (AvgIpc) is 2.89. The molecule has 0 atom stereocenters. The molecule has 1 N–H and O–H groups in total. The van der Waals surface area contributed by atoms with Crippen LogP contribution in [-0.2, 0) is 0 Å². The maximum Gasteiger partial charge on any atom is 0.195 e. The molecule has 3 nitrogen and oxygen atoms in total. The second-order valence-electron chi connectivity index (χ2n) is 4.57. The van der Waals surface area contributed by atoms with Crippen molar-refractivity contribution in [2.24, 2.45) is 0 Å². The number of hydrogen-bond donors (Lipinski definition) is 1. The van der Waals surface area contributed by atoms with Crippen molar-refractivity contribution in [3.05, 3.63) is 65.4 Å². The summed E-state index contributed by atoms with van der Waals surface area (Å²) in [4.78, 5) is 15.4. The summed E-state index contributed by atoms with van der Waals surface area (Å²) in [6.07, 6.45) is 1.51. The minimum atomic E-state index is -0.787. The van der Waals surface area contributed by atoms with Gasteiger partial charge in [0.25, 0.3) is 0 Å². The zero-order valence-corrected chi connectivity index (χ0v) is 11.1. The maximum absolute atomic E-state index is 13.3. The van der Waals surface area contributed by atoms with Gasteiger partial charge in [-0.1, -0.05) is 6.07 Å². The summed E-state index contributed by atoms with van der Waals surface area (Å²) in [5.74, 6) is -1.52. The van der Waals surface area contributed by atoms with Crippen LogP contribution in [0.25, 0.3) is 10.9 Å². The molecule has 0 aliphatic rings. The van der Waals surface area contributed by atoms with E-state index in [1.54, 1.807) is 18.2 Å². The molecule has 0 amide bonds. The lowest BCUT2D eigenvalue weighted by Gasteiger charge is -2.05. The molecule has 0 fully saturated rings. The molecule has 0 bridgehead atoms. The fourth-order valence-electron chi connectivity index (χ4n) is 2.34. The van der Waals surface area contributed by atoms with Crippen molar-refractivity contribution >= 4 is 16.7 Å². The Morgan fingerprint density at radius 1 is 1.14 bits per heavy atom. The molecule has 106 valence electrons. The first-order chi connectivity index (χ1) is 10.1. The van der Waals surface area contributed by atoms with Crippen LogP contribution in [0, 0.1) is 11.6 Å². The second kappa shape index (κ2) is 5.01. The van der Waals surface area contributed by atoms with Crippen LogP contribution in [0.4, 0.5) is 8.78 Å². The highest BCUT2D eigenvalue weighted by Gasteiger charge is 2.18. The van der Waals surface area contributed by atoms with Gasteiger partial charge in [-0.15, -0.1) is 0 Å². The number of fused-ring (bicyclic) bond motifs is 1. The number of H-pyrrole nitrogens is 1. The SMILES string of the molecule is COc1cccc2[nH]cc(C(=O)c3cc(F)cc(F)c3)c12. The summed E-state index contributed by atoms with van der Waals surface area (Å²) >= 11 is 0. The monoisotopic (exact) mass is 287 g/mol. The normalized spacial score (nSPS) is 10.8. The Bertz CT molecular complexity index is 819. The molecular weight excluding hydrogens is 276 g/mol. The van der Waals surface area contributed by atoms with E-state index in [2.05, 4.69) is 4.98 Å². The molecule has 1 heterocycles. The number of benzene rings is 2. The summed E-state index contributed by atoms with van der Waals surface area (Å²) in [6, 6.07) is 8.06. The highest BCUT2D eigenvalue weighted by molar-refractivity contribution is 6.17. The Morgan fingerprint density at radius 2 is 1.86 bits per heavy atom. The van der Waals surface area contributed by atoms with Gasteiger partial charge in [0.1, 0.15) is 17.4 Å². The topological polar surface area (TPSA) is 42.1 Å². The Hall–Kier alpha value is -2.69. The number of carbonyl (C=O) groups is 1. The van der Waals surface area contributed by atoms with Gasteiger partial charge in [-0.25, -0.2) is 8.78 Å². The van der Waals surface area contributed by atoms with Crippen molar-refractivity contribution in [2.75, 3.05) is 7.11 Å². The number of hydrogen-bond acceptors (Lipinski definition) is 2. The Labute approximate surface area is 119 Å². The van der Waals surface area contributed by atoms with Crippen molar-refractivity contribution in [1.29, 1.82) is 0 Å². The molecule has 0 aliphatic carbocycles. The van der Waals surface area contributed by atoms with Crippen LogP contribution >= 0.6 is 0 Å². The summed E-state index contributed by atoms with van der Waals surface area (Å²) in [5, 5.41) is 0.592. The van der Waals surface area contributed by atoms with Gasteiger partial charge in [-0.2, -0.15) is 0 Å². The van der Waals surface area contributed by atoms with Crippen LogP contribution in [0.5, 0.6) is 5.75 Å². The molecule has 0 unspecified atom stereocenters. The van der Waals surface area contributed by atoms with Gasteiger partial charge >= 0.3 is 0 Å². The Kier molecular flexibility index (Phi) is 3.17. The number of rotatable bonds is 3. The maximum atomic E-state index is 13.3. The molecule has 0 aliphatic heterocycles. The van der Waals surface area contributed by atoms with Gasteiger partial charge in [0.2, 0.25) is 0 Å². The molecule has 3 aromatic rings. The van der Waals surface area contributed by atoms with Crippen molar-refractivity contribution < 1.29 is 18.3 Å². The van der Waals surface area contributed by atoms with Crippen LogP contribution in [-0.4, -0.2) is 17.9 Å². The zero-order chi connectivity index (χ0) is 15.0. The number of aromatic nitrogens is 1. The Balaban J connectivity index is 2.18. The van der Waals surface area contributed by atoms with E-state index in [0.29, 0.717) is 16.7 Å². The van der Waals surface area contributed by atoms with Crippen molar-refractivity contribution in [3.8, 4) is 5.75 Å². The first-order valence-electron chi connectivity index (χ1n) is 6.25. The van der Waals surface area contributed by atoms with Gasteiger partial charge < -0.3 is 9.72 Å². The summed E-state index contributed by atoms with van der Waals surface area (Å²) in [5.41, 5.74) is 0.987. The fourth-order valence-corrected chi connectivity index (χ4v) is 2.34. The third-order valence-corrected chi connectivity index (χ3v) is 3.26. The van der Waals surface area contributed by atoms with Crippen molar-refractivity contribution in [1.82, 2.24) is 4.98 Å². The number of nitrogens with one attached hydrogen (secondary N) is 1. The van der Waals surface area contributed by atoms with E-state index in [-0.39, 0.29) is 5.56 Å². The predicted molar refractivity (Wildman–Crippen MR) is 74.6 cm³/mol. The average molecular weight is 287 g/mol. The molecular formula is C16H11F2NO2. The van der Waals surface area contributed by atoms with E-state index >= 15 is 0 Å². The quantitative estimate of drug-likeness (QED) is 0.746. The van der Waals surface area contributed by atoms with Crippen LogP contribution in [0.15, 0.2) is 42.6 Å². The summed E-state index contributed by atoms with van der Waals surface area (Å²) < 4.78 is 31.8. The zero-order valence-electron chi connectivity index (χ0n) is 11.1. The van der Waals surface area contributed by atoms with E-state index in [1.807, 2.05) is 0 Å². The van der Waals surface area contributed by atoms with E-state index in [0.717, 1.165) is 23.7 Å². The number of ether oxygens (including phenoxy) is 1. The number of methoxy groups -OCH3 is 1. The number of ketones is 1. The van der Waals surface area contributed by atoms with Crippen molar-refractivity contribution in [3.63, 3.8) is 0 Å². The number of halogens is 2. The van der Waals surface area contributed by atoms with Crippen LogP contribution < -0.4 is 4.74 Å². The predicted octanol–water partition coefficient (Wildman–Crippen LogP) is 3.69. The number of carbonyl (C=O) groups excluding carboxylic acids is 1. The van der Waals surface area contributed by atoms with Crippen LogP contribution in [0.1, 0.15) is 15.9 Å². The van der Waals surface area contributed by atoms with E-state index in [9.17, 15) is 13.6 Å². The van der Waals surface area contributed by atoms with Crippen molar-refractivity contribution in [2.45, 2.75) is 0 Å². The smallest absolute Gasteiger partial charge is 0.195 e. The van der Waals surface area contributed by atoms with Gasteiger partial charge in [-0.05, 0) is 24.3 Å². The standard InChI is InChI=1S/C16H11F2NO2/c1-21-14-4-2-3-13-15(14)12(8-19-13)16(20)9-5-10(17)7-11(18)6-9/h2-8,19H,1H3. The minimum Gasteiger partial charge on any atom is -0.496 e. The number of aromatic amines is 1. The Morgan fingerprint density at radius 3 is 2.52 bits per heavy atom. The lowest BCUT2D eigenvalue weighted by atomic mass is 10.0. The molecule has 1 aromatic heterocycles. The van der Waals surface area contributed by atoms with Gasteiger partial charge in [-0.3, -0.25) is 4.79 Å². The lowest BCUT2D eigenvalue weighted by molar-refractivity contribution is 0.103. The molecule has 0 saturated heterocycles. The molecule has 21 heavy (non-hydrogen) atoms. The second-order valence-corrected chi connectivity index (χ2v) is 4.57. The summed E-state index contributed by atoms with van der Waals surface area (Å²) in [7, 11) is 1.50. The third-order valence-electron chi connectivity index (χ3n) is 3.26. The molecule has 0 radical (unpaired) electrons. The molecule has 5 heteroatoms. The lowest BCUT2D eigenvalue weighted by Crippen LogP contribution is -2.02. The van der Waals surface area contributed by atoms with E-state index in [4.69, 9.17) is 4.74 Å². The van der Waals surface area contributed by atoms with E-state index in [1.165, 1.54) is 13.3 Å². The van der Waals surface area contributed by atoms with E-state index < -0.39 is 17.4 Å². The van der Waals surface area contributed by atoms with Gasteiger partial charge in [0, 0.05) is 23.3 Å². The minimum absolute atomic E-state index is 0.0423. The highest BCUT2D eigenvalue weighted by Crippen LogP contribution is 2.30. The van der Waals surface area contributed by atoms with Gasteiger partial charge in [0.15, 0.2) is 5.78 Å². The molecule has 0 spiro atoms. The molecule has 3 rings (SSSR count). The largest absolute Gasteiger partial charge is 0.496 e. The molecule has 2 aromatic carbocycles. The third kappa shape index (κ3) is 2.27. The van der Waals surface area contributed by atoms with Crippen LogP contribution in [0.3, 0.4) is 0 Å². The molecule has 0 saturated carbocycles.